The summed E-state index contributed by atoms with van der Waals surface area (Å²) < 4.78 is 5.85. The number of para-hydroxylation sites is 1. The monoisotopic (exact) mass is 402 g/mol. The molecule has 28 heavy (non-hydrogen) atoms. The van der Waals surface area contributed by atoms with Crippen LogP contribution in [0.4, 0.5) is 0 Å². The van der Waals surface area contributed by atoms with Gasteiger partial charge in [0.1, 0.15) is 10.8 Å². The van der Waals surface area contributed by atoms with E-state index in [1.54, 1.807) is 0 Å². The molecule has 2 amide bonds. The van der Waals surface area contributed by atoms with Crippen LogP contribution in [0.25, 0.3) is 0 Å². The number of amides is 2. The van der Waals surface area contributed by atoms with Crippen molar-refractivity contribution in [2.75, 3.05) is 26.2 Å². The number of carbonyl (C=O) groups excluding carboxylic acids is 2. The van der Waals surface area contributed by atoms with Gasteiger partial charge < -0.3 is 4.74 Å². The van der Waals surface area contributed by atoms with Gasteiger partial charge in [-0.3, -0.25) is 25.3 Å². The third kappa shape index (κ3) is 6.61. The molecule has 0 aliphatic carbocycles. The Balaban J connectivity index is 1.35. The van der Waals surface area contributed by atoms with Gasteiger partial charge in [0.2, 0.25) is 5.91 Å². The number of hydrogen-bond acceptors (Lipinski definition) is 6. The number of piperidine rings is 1. The number of thiazole rings is 1. The van der Waals surface area contributed by atoms with Crippen LogP contribution >= 0.6 is 11.3 Å². The van der Waals surface area contributed by atoms with E-state index in [9.17, 15) is 9.59 Å². The van der Waals surface area contributed by atoms with Crippen molar-refractivity contribution in [1.82, 2.24) is 20.7 Å². The second-order valence-electron chi connectivity index (χ2n) is 7.02. The van der Waals surface area contributed by atoms with Crippen molar-refractivity contribution in [2.24, 2.45) is 5.92 Å². The van der Waals surface area contributed by atoms with Crippen LogP contribution < -0.4 is 15.6 Å². The van der Waals surface area contributed by atoms with E-state index in [1.165, 1.54) is 11.3 Å². The van der Waals surface area contributed by atoms with E-state index in [-0.39, 0.29) is 24.8 Å². The molecule has 8 heteroatoms. The molecule has 1 aromatic carbocycles. The summed E-state index contributed by atoms with van der Waals surface area (Å²) in [5, 5.41) is 2.64. The molecular formula is C20H26N4O3S. The summed E-state index contributed by atoms with van der Waals surface area (Å²) in [5.41, 5.74) is 5.86. The Morgan fingerprint density at radius 1 is 1.25 bits per heavy atom. The number of aryl methyl sites for hydroxylation is 1. The maximum Gasteiger partial charge on any atom is 0.252 e. The first kappa shape index (κ1) is 20.3. The summed E-state index contributed by atoms with van der Waals surface area (Å²) in [6.07, 6.45) is 2.29. The predicted octanol–water partition coefficient (Wildman–Crippen LogP) is 1.93. The van der Waals surface area contributed by atoms with Gasteiger partial charge in [-0.1, -0.05) is 18.2 Å². The lowest BCUT2D eigenvalue weighted by atomic mass is 9.99. The summed E-state index contributed by atoms with van der Waals surface area (Å²) in [4.78, 5) is 30.4. The molecule has 2 N–H and O–H groups in total. The zero-order valence-electron chi connectivity index (χ0n) is 16.0. The zero-order chi connectivity index (χ0) is 19.8. The van der Waals surface area contributed by atoms with E-state index < -0.39 is 0 Å². The minimum atomic E-state index is -0.268. The molecule has 150 valence electrons. The molecule has 7 nitrogen and oxygen atoms in total. The van der Waals surface area contributed by atoms with Crippen LogP contribution in [0.3, 0.4) is 0 Å². The third-order valence-electron chi connectivity index (χ3n) is 4.52. The standard InChI is InChI=1S/C20H26N4O3S/c1-15-14-28-20(21-15)10-18(25)22-23-19(26)12-24-9-5-6-16(11-24)13-27-17-7-3-2-4-8-17/h2-4,7-8,14,16H,5-6,9-13H2,1H3,(H,22,25)(H,23,26). The summed E-state index contributed by atoms with van der Waals surface area (Å²) in [5.74, 6) is 0.781. The molecule has 1 aliphatic heterocycles. The van der Waals surface area contributed by atoms with Crippen molar-refractivity contribution in [3.05, 3.63) is 46.4 Å². The Hall–Kier alpha value is -2.45. The number of hydrogen-bond donors (Lipinski definition) is 2. The molecule has 0 bridgehead atoms. The third-order valence-corrected chi connectivity index (χ3v) is 5.49. The minimum Gasteiger partial charge on any atom is -0.493 e. The number of likely N-dealkylation sites (tertiary alicyclic amines) is 1. The molecule has 1 atom stereocenters. The van der Waals surface area contributed by atoms with Gasteiger partial charge in [-0.25, -0.2) is 4.98 Å². The predicted molar refractivity (Wildman–Crippen MR) is 108 cm³/mol. The van der Waals surface area contributed by atoms with Gasteiger partial charge in [0, 0.05) is 23.5 Å². The quantitative estimate of drug-likeness (QED) is 0.692. The number of benzene rings is 1. The highest BCUT2D eigenvalue weighted by Gasteiger charge is 2.22. The van der Waals surface area contributed by atoms with Crippen molar-refractivity contribution in [3.8, 4) is 5.75 Å². The molecule has 0 saturated carbocycles. The van der Waals surface area contributed by atoms with E-state index in [1.807, 2.05) is 42.6 Å². The molecule has 2 heterocycles. The lowest BCUT2D eigenvalue weighted by Gasteiger charge is -2.32. The number of rotatable bonds is 7. The highest BCUT2D eigenvalue weighted by Crippen LogP contribution is 2.18. The second kappa shape index (κ2) is 10.2. The number of hydrazine groups is 1. The Bertz CT molecular complexity index is 781. The van der Waals surface area contributed by atoms with Crippen LogP contribution in [-0.4, -0.2) is 47.9 Å². The van der Waals surface area contributed by atoms with Gasteiger partial charge in [-0.2, -0.15) is 0 Å². The normalized spacial score (nSPS) is 17.1. The van der Waals surface area contributed by atoms with E-state index in [2.05, 4.69) is 20.7 Å². The summed E-state index contributed by atoms with van der Waals surface area (Å²) >= 11 is 1.44. The number of nitrogens with one attached hydrogen (secondary N) is 2. The average molecular weight is 403 g/mol. The van der Waals surface area contributed by atoms with Gasteiger partial charge in [0.25, 0.3) is 5.91 Å². The van der Waals surface area contributed by atoms with E-state index in [4.69, 9.17) is 4.74 Å². The van der Waals surface area contributed by atoms with E-state index in [0.29, 0.717) is 12.5 Å². The molecule has 1 aromatic heterocycles. The van der Waals surface area contributed by atoms with E-state index in [0.717, 1.165) is 42.4 Å². The van der Waals surface area contributed by atoms with E-state index >= 15 is 0 Å². The Morgan fingerprint density at radius 2 is 2.04 bits per heavy atom. The average Bonchev–Trinajstić information content (AvgIpc) is 3.10. The van der Waals surface area contributed by atoms with Gasteiger partial charge in [0.15, 0.2) is 0 Å². The first-order valence-electron chi connectivity index (χ1n) is 9.47. The zero-order valence-corrected chi connectivity index (χ0v) is 16.8. The molecule has 1 fully saturated rings. The fraction of sp³-hybridized carbons (Fsp3) is 0.450. The topological polar surface area (TPSA) is 83.6 Å². The SMILES string of the molecule is Cc1csc(CC(=O)NNC(=O)CN2CCCC(COc3ccccc3)C2)n1. The smallest absolute Gasteiger partial charge is 0.252 e. The van der Waals surface area contributed by atoms with Crippen LogP contribution in [0, 0.1) is 12.8 Å². The summed E-state index contributed by atoms with van der Waals surface area (Å²) in [7, 11) is 0. The van der Waals surface area contributed by atoms with Crippen molar-refractivity contribution >= 4 is 23.2 Å². The van der Waals surface area contributed by atoms with Crippen molar-refractivity contribution in [3.63, 3.8) is 0 Å². The fourth-order valence-electron chi connectivity index (χ4n) is 3.21. The fourth-order valence-corrected chi connectivity index (χ4v) is 3.98. The first-order valence-corrected chi connectivity index (χ1v) is 10.4. The molecule has 0 radical (unpaired) electrons. The highest BCUT2D eigenvalue weighted by atomic mass is 32.1. The maximum absolute atomic E-state index is 12.1. The molecule has 1 unspecified atom stereocenters. The number of carbonyl (C=O) groups is 2. The van der Waals surface area contributed by atoms with Crippen LogP contribution in [0.2, 0.25) is 0 Å². The van der Waals surface area contributed by atoms with Gasteiger partial charge >= 0.3 is 0 Å². The lowest BCUT2D eigenvalue weighted by Crippen LogP contribution is -2.49. The van der Waals surface area contributed by atoms with Crippen LogP contribution in [0.1, 0.15) is 23.5 Å². The Kier molecular flexibility index (Phi) is 7.39. The Labute approximate surface area is 169 Å². The molecule has 3 rings (SSSR count). The van der Waals surface area contributed by atoms with Crippen LogP contribution in [0.5, 0.6) is 5.75 Å². The largest absolute Gasteiger partial charge is 0.493 e. The number of ether oxygens (including phenoxy) is 1. The van der Waals surface area contributed by atoms with Gasteiger partial charge in [-0.15, -0.1) is 11.3 Å². The molecule has 2 aromatic rings. The van der Waals surface area contributed by atoms with Gasteiger partial charge in [-0.05, 0) is 38.4 Å². The molecular weight excluding hydrogens is 376 g/mol. The minimum absolute atomic E-state index is 0.168. The maximum atomic E-state index is 12.1. The van der Waals surface area contributed by atoms with Crippen molar-refractivity contribution in [1.29, 1.82) is 0 Å². The Morgan fingerprint density at radius 3 is 2.79 bits per heavy atom. The van der Waals surface area contributed by atoms with Gasteiger partial charge in [0.05, 0.1) is 19.6 Å². The van der Waals surface area contributed by atoms with Crippen LogP contribution in [-0.2, 0) is 16.0 Å². The molecule has 0 spiro atoms. The highest BCUT2D eigenvalue weighted by molar-refractivity contribution is 7.09. The number of nitrogens with zero attached hydrogens (tertiary/aromatic N) is 2. The summed E-state index contributed by atoms with van der Waals surface area (Å²) in [6.45, 7) is 4.48. The van der Waals surface area contributed by atoms with Crippen LogP contribution in [0.15, 0.2) is 35.7 Å². The number of aromatic nitrogens is 1. The molecule has 1 saturated heterocycles. The van der Waals surface area contributed by atoms with Crippen molar-refractivity contribution in [2.45, 2.75) is 26.2 Å². The molecule has 1 aliphatic rings. The summed E-state index contributed by atoms with van der Waals surface area (Å²) in [6, 6.07) is 9.77. The van der Waals surface area contributed by atoms with Crippen molar-refractivity contribution < 1.29 is 14.3 Å². The lowest BCUT2D eigenvalue weighted by molar-refractivity contribution is -0.129. The second-order valence-corrected chi connectivity index (χ2v) is 7.97. The first-order chi connectivity index (χ1) is 13.6.